The lowest BCUT2D eigenvalue weighted by Gasteiger charge is -2.45. The highest BCUT2D eigenvalue weighted by Gasteiger charge is 2.35. The Kier molecular flexibility index (Phi) is 5.01. The van der Waals surface area contributed by atoms with Crippen molar-refractivity contribution in [1.29, 1.82) is 0 Å². The number of likely N-dealkylation sites (tertiary alicyclic amines) is 2. The molecule has 104 valence electrons. The first kappa shape index (κ1) is 13.8. The predicted molar refractivity (Wildman–Crippen MR) is 71.4 cm³/mol. The third-order valence-corrected chi connectivity index (χ3v) is 4.27. The SMILES string of the molecule is CCCOCC(=O)N1CCC2C(CCCN2C)C1. The molecule has 2 rings (SSSR count). The van der Waals surface area contributed by atoms with Crippen molar-refractivity contribution in [2.24, 2.45) is 5.92 Å². The van der Waals surface area contributed by atoms with E-state index in [9.17, 15) is 4.79 Å². The lowest BCUT2D eigenvalue weighted by atomic mass is 9.84. The number of hydrogen-bond donors (Lipinski definition) is 0. The van der Waals surface area contributed by atoms with Crippen molar-refractivity contribution >= 4 is 5.91 Å². The molecular formula is C14H26N2O2. The van der Waals surface area contributed by atoms with E-state index in [2.05, 4.69) is 18.9 Å². The van der Waals surface area contributed by atoms with Crippen LogP contribution in [0.2, 0.25) is 0 Å². The van der Waals surface area contributed by atoms with Crippen LogP contribution in [0.15, 0.2) is 0 Å². The topological polar surface area (TPSA) is 32.8 Å². The van der Waals surface area contributed by atoms with Gasteiger partial charge in [0.2, 0.25) is 5.91 Å². The summed E-state index contributed by atoms with van der Waals surface area (Å²) in [6, 6.07) is 0.694. The molecule has 2 unspecified atom stereocenters. The van der Waals surface area contributed by atoms with E-state index < -0.39 is 0 Å². The van der Waals surface area contributed by atoms with Gasteiger partial charge >= 0.3 is 0 Å². The van der Waals surface area contributed by atoms with Crippen molar-refractivity contribution < 1.29 is 9.53 Å². The van der Waals surface area contributed by atoms with Crippen LogP contribution in [0, 0.1) is 5.92 Å². The maximum atomic E-state index is 12.0. The highest BCUT2D eigenvalue weighted by atomic mass is 16.5. The van der Waals surface area contributed by atoms with Gasteiger partial charge in [0.25, 0.3) is 0 Å². The maximum absolute atomic E-state index is 12.0. The van der Waals surface area contributed by atoms with Crippen molar-refractivity contribution in [3.05, 3.63) is 0 Å². The molecule has 2 fully saturated rings. The van der Waals surface area contributed by atoms with Gasteiger partial charge in [-0.2, -0.15) is 0 Å². The fourth-order valence-corrected chi connectivity index (χ4v) is 3.27. The highest BCUT2D eigenvalue weighted by molar-refractivity contribution is 5.77. The van der Waals surface area contributed by atoms with Crippen LogP contribution in [-0.2, 0) is 9.53 Å². The van der Waals surface area contributed by atoms with Crippen LogP contribution in [0.1, 0.15) is 32.6 Å². The van der Waals surface area contributed by atoms with E-state index in [4.69, 9.17) is 4.74 Å². The Hall–Kier alpha value is -0.610. The second kappa shape index (κ2) is 6.53. The van der Waals surface area contributed by atoms with Gasteiger partial charge in [0.15, 0.2) is 0 Å². The van der Waals surface area contributed by atoms with Gasteiger partial charge in [-0.1, -0.05) is 6.92 Å². The number of hydrogen-bond acceptors (Lipinski definition) is 3. The smallest absolute Gasteiger partial charge is 0.248 e. The van der Waals surface area contributed by atoms with Crippen molar-refractivity contribution in [2.45, 2.75) is 38.6 Å². The summed E-state index contributed by atoms with van der Waals surface area (Å²) in [4.78, 5) is 16.5. The number of fused-ring (bicyclic) bond motifs is 1. The molecule has 0 bridgehead atoms. The van der Waals surface area contributed by atoms with Crippen LogP contribution in [0.25, 0.3) is 0 Å². The third-order valence-electron chi connectivity index (χ3n) is 4.27. The second-order valence-electron chi connectivity index (χ2n) is 5.63. The highest BCUT2D eigenvalue weighted by Crippen LogP contribution is 2.29. The van der Waals surface area contributed by atoms with Crippen LogP contribution >= 0.6 is 0 Å². The fourth-order valence-electron chi connectivity index (χ4n) is 3.27. The van der Waals surface area contributed by atoms with Gasteiger partial charge in [0.05, 0.1) is 0 Å². The van der Waals surface area contributed by atoms with E-state index in [0.717, 1.165) is 25.9 Å². The Balaban J connectivity index is 1.81. The standard InChI is InChI=1S/C14H26N2O2/c1-3-9-18-11-14(17)16-8-6-13-12(10-16)5-4-7-15(13)2/h12-13H,3-11H2,1-2H3. The molecule has 0 N–H and O–H groups in total. The van der Waals surface area contributed by atoms with Crippen molar-refractivity contribution in [1.82, 2.24) is 9.80 Å². The second-order valence-corrected chi connectivity index (χ2v) is 5.63. The Morgan fingerprint density at radius 3 is 2.94 bits per heavy atom. The molecule has 1 amide bonds. The lowest BCUT2D eigenvalue weighted by molar-refractivity contribution is -0.139. The number of nitrogens with zero attached hydrogens (tertiary/aromatic N) is 2. The first-order valence-electron chi connectivity index (χ1n) is 7.28. The van der Waals surface area contributed by atoms with E-state index in [1.54, 1.807) is 0 Å². The van der Waals surface area contributed by atoms with E-state index in [0.29, 0.717) is 18.6 Å². The largest absolute Gasteiger partial charge is 0.372 e. The van der Waals surface area contributed by atoms with Gasteiger partial charge in [-0.05, 0) is 45.2 Å². The number of piperidine rings is 2. The summed E-state index contributed by atoms with van der Waals surface area (Å²) in [6.45, 7) is 6.07. The average Bonchev–Trinajstić information content (AvgIpc) is 2.39. The Morgan fingerprint density at radius 2 is 2.17 bits per heavy atom. The quantitative estimate of drug-likeness (QED) is 0.710. The molecule has 2 atom stereocenters. The summed E-state index contributed by atoms with van der Waals surface area (Å²) in [5, 5.41) is 0. The molecule has 2 aliphatic rings. The first-order chi connectivity index (χ1) is 8.72. The fraction of sp³-hybridized carbons (Fsp3) is 0.929. The number of rotatable bonds is 4. The minimum absolute atomic E-state index is 0.176. The van der Waals surface area contributed by atoms with Gasteiger partial charge in [-0.3, -0.25) is 4.79 Å². The summed E-state index contributed by atoms with van der Waals surface area (Å²) in [5.74, 6) is 0.850. The molecular weight excluding hydrogens is 228 g/mol. The summed E-state index contributed by atoms with van der Waals surface area (Å²) in [7, 11) is 2.22. The molecule has 2 saturated heterocycles. The molecule has 18 heavy (non-hydrogen) atoms. The van der Waals surface area contributed by atoms with Gasteiger partial charge in [0, 0.05) is 25.7 Å². The van der Waals surface area contributed by atoms with E-state index >= 15 is 0 Å². The third kappa shape index (κ3) is 3.23. The molecule has 4 nitrogen and oxygen atoms in total. The number of amides is 1. The molecule has 0 radical (unpaired) electrons. The molecule has 0 aromatic carbocycles. The first-order valence-corrected chi connectivity index (χ1v) is 7.28. The minimum Gasteiger partial charge on any atom is -0.372 e. The molecule has 0 aromatic heterocycles. The number of ether oxygens (including phenoxy) is 1. The van der Waals surface area contributed by atoms with Crippen LogP contribution in [0.3, 0.4) is 0 Å². The van der Waals surface area contributed by atoms with Crippen LogP contribution in [0.4, 0.5) is 0 Å². The zero-order chi connectivity index (χ0) is 13.0. The normalized spacial score (nSPS) is 29.1. The van der Waals surface area contributed by atoms with Crippen molar-refractivity contribution in [2.75, 3.05) is 39.9 Å². The van der Waals surface area contributed by atoms with Gasteiger partial charge in [-0.15, -0.1) is 0 Å². The molecule has 0 spiro atoms. The summed E-state index contributed by atoms with van der Waals surface area (Å²) in [6.07, 6.45) is 4.64. The Labute approximate surface area is 110 Å². The number of carbonyl (C=O) groups excluding carboxylic acids is 1. The summed E-state index contributed by atoms with van der Waals surface area (Å²) >= 11 is 0. The van der Waals surface area contributed by atoms with Crippen molar-refractivity contribution in [3.8, 4) is 0 Å². The average molecular weight is 254 g/mol. The maximum Gasteiger partial charge on any atom is 0.248 e. The number of carbonyl (C=O) groups is 1. The molecule has 0 aliphatic carbocycles. The van der Waals surface area contributed by atoms with Crippen LogP contribution in [0.5, 0.6) is 0 Å². The Bertz CT molecular complexity index is 283. The van der Waals surface area contributed by atoms with E-state index in [1.165, 1.54) is 19.4 Å². The predicted octanol–water partition coefficient (Wildman–Crippen LogP) is 1.36. The monoisotopic (exact) mass is 254 g/mol. The summed E-state index contributed by atoms with van der Waals surface area (Å²) < 4.78 is 5.35. The zero-order valence-electron chi connectivity index (χ0n) is 11.7. The summed E-state index contributed by atoms with van der Waals surface area (Å²) in [5.41, 5.74) is 0. The van der Waals surface area contributed by atoms with Crippen LogP contribution in [-0.4, -0.2) is 61.6 Å². The molecule has 0 saturated carbocycles. The zero-order valence-corrected chi connectivity index (χ0v) is 11.7. The van der Waals surface area contributed by atoms with Gasteiger partial charge < -0.3 is 14.5 Å². The molecule has 4 heteroatoms. The lowest BCUT2D eigenvalue weighted by Crippen LogP contribution is -2.54. The molecule has 2 heterocycles. The van der Waals surface area contributed by atoms with E-state index in [1.807, 2.05) is 4.90 Å². The molecule has 0 aromatic rings. The van der Waals surface area contributed by atoms with Crippen LogP contribution < -0.4 is 0 Å². The molecule has 2 aliphatic heterocycles. The van der Waals surface area contributed by atoms with Gasteiger partial charge in [0.1, 0.15) is 6.61 Å². The van der Waals surface area contributed by atoms with Gasteiger partial charge in [-0.25, -0.2) is 0 Å². The Morgan fingerprint density at radius 1 is 1.33 bits per heavy atom. The minimum atomic E-state index is 0.176. The van der Waals surface area contributed by atoms with Crippen molar-refractivity contribution in [3.63, 3.8) is 0 Å². The van der Waals surface area contributed by atoms with E-state index in [-0.39, 0.29) is 12.5 Å².